The Kier molecular flexibility index (Phi) is 7.75. The van der Waals surface area contributed by atoms with Gasteiger partial charge in [-0.05, 0) is 30.2 Å². The quantitative estimate of drug-likeness (QED) is 0.706. The lowest BCUT2D eigenvalue weighted by Crippen LogP contribution is -2.55. The van der Waals surface area contributed by atoms with Crippen LogP contribution in [0.25, 0.3) is 0 Å². The minimum absolute atomic E-state index is 0.101. The fraction of sp³-hybridized carbons (Fsp3) is 0.864. The standard InChI is InChI=1S/C22H38N4O4/c1-7-25-9-8-22(15-23,16-25)24-18(27)17(14-21(5,6)20(2,3)4)30-19(28)26-10-12-29-13-11-26/h17H,7-14,16H2,1-6H3,(H,24,27)/t17-,22?/m0/s1. The van der Waals surface area contributed by atoms with Crippen LogP contribution < -0.4 is 5.32 Å². The maximum atomic E-state index is 13.3. The zero-order valence-electron chi connectivity index (χ0n) is 19.4. The van der Waals surface area contributed by atoms with Gasteiger partial charge in [-0.15, -0.1) is 0 Å². The summed E-state index contributed by atoms with van der Waals surface area (Å²) >= 11 is 0. The normalized spacial score (nSPS) is 24.2. The van der Waals surface area contributed by atoms with Crippen LogP contribution in [0.1, 0.15) is 54.4 Å². The molecular formula is C22H38N4O4. The summed E-state index contributed by atoms with van der Waals surface area (Å²) in [5.74, 6) is -0.395. The van der Waals surface area contributed by atoms with Crippen LogP contribution in [0.5, 0.6) is 0 Å². The van der Waals surface area contributed by atoms with E-state index < -0.39 is 23.6 Å². The van der Waals surface area contributed by atoms with Crippen molar-refractivity contribution in [1.29, 1.82) is 5.26 Å². The van der Waals surface area contributed by atoms with Gasteiger partial charge in [-0.3, -0.25) is 4.79 Å². The lowest BCUT2D eigenvalue weighted by Gasteiger charge is -2.41. The van der Waals surface area contributed by atoms with Gasteiger partial charge >= 0.3 is 6.09 Å². The maximum Gasteiger partial charge on any atom is 0.410 e. The molecule has 2 aliphatic heterocycles. The van der Waals surface area contributed by atoms with Gasteiger partial charge in [-0.2, -0.15) is 5.26 Å². The van der Waals surface area contributed by atoms with E-state index >= 15 is 0 Å². The van der Waals surface area contributed by atoms with E-state index in [9.17, 15) is 14.9 Å². The number of amides is 2. The molecule has 1 N–H and O–H groups in total. The Morgan fingerprint density at radius 2 is 1.83 bits per heavy atom. The van der Waals surface area contributed by atoms with Gasteiger partial charge in [0.05, 0.1) is 19.3 Å². The van der Waals surface area contributed by atoms with Crippen molar-refractivity contribution in [3.05, 3.63) is 0 Å². The largest absolute Gasteiger partial charge is 0.436 e. The third-order valence-electron chi connectivity index (χ3n) is 6.90. The number of rotatable bonds is 6. The minimum Gasteiger partial charge on any atom is -0.436 e. The predicted octanol–water partition coefficient (Wildman–Crippen LogP) is 2.39. The first-order valence-electron chi connectivity index (χ1n) is 10.9. The Balaban J connectivity index is 2.18. The molecule has 2 rings (SSSR count). The number of nitrogens with one attached hydrogen (secondary N) is 1. The summed E-state index contributed by atoms with van der Waals surface area (Å²) < 4.78 is 11.0. The minimum atomic E-state index is -0.963. The van der Waals surface area contributed by atoms with Crippen LogP contribution in [0.15, 0.2) is 0 Å². The number of carbonyl (C=O) groups excluding carboxylic acids is 2. The van der Waals surface area contributed by atoms with Crippen LogP contribution in [0.4, 0.5) is 4.79 Å². The summed E-state index contributed by atoms with van der Waals surface area (Å²) in [7, 11) is 0. The molecule has 0 saturated carbocycles. The highest BCUT2D eigenvalue weighted by molar-refractivity contribution is 5.84. The molecule has 30 heavy (non-hydrogen) atoms. The lowest BCUT2D eigenvalue weighted by molar-refractivity contribution is -0.134. The number of hydrogen-bond donors (Lipinski definition) is 1. The predicted molar refractivity (Wildman–Crippen MR) is 114 cm³/mol. The van der Waals surface area contributed by atoms with Crippen LogP contribution in [0, 0.1) is 22.2 Å². The SMILES string of the molecule is CCN1CCC(C#N)(NC(=O)[C@H](CC(C)(C)C(C)(C)C)OC(=O)N2CCOCC2)C1. The molecule has 2 saturated heterocycles. The van der Waals surface area contributed by atoms with E-state index in [1.165, 1.54) is 0 Å². The third kappa shape index (κ3) is 5.86. The van der Waals surface area contributed by atoms with Crippen molar-refractivity contribution in [3.63, 3.8) is 0 Å². The molecule has 170 valence electrons. The Labute approximate surface area is 180 Å². The van der Waals surface area contributed by atoms with Crippen LogP contribution in [0.2, 0.25) is 0 Å². The summed E-state index contributed by atoms with van der Waals surface area (Å²) in [6, 6.07) is 2.30. The fourth-order valence-electron chi connectivity index (χ4n) is 3.60. The van der Waals surface area contributed by atoms with Crippen LogP contribution in [-0.2, 0) is 14.3 Å². The van der Waals surface area contributed by atoms with Gasteiger partial charge in [0.15, 0.2) is 6.10 Å². The highest BCUT2D eigenvalue weighted by Crippen LogP contribution is 2.42. The van der Waals surface area contributed by atoms with Crippen LogP contribution in [0.3, 0.4) is 0 Å². The van der Waals surface area contributed by atoms with Gasteiger partial charge in [-0.1, -0.05) is 41.5 Å². The molecule has 2 amide bonds. The summed E-state index contributed by atoms with van der Waals surface area (Å²) in [5.41, 5.74) is -1.32. The molecule has 2 fully saturated rings. The molecule has 0 bridgehead atoms. The number of morpholine rings is 1. The average molecular weight is 423 g/mol. The first-order chi connectivity index (χ1) is 13.9. The molecule has 8 heteroatoms. The summed E-state index contributed by atoms with van der Waals surface area (Å²) in [6.45, 7) is 16.4. The lowest BCUT2D eigenvalue weighted by atomic mass is 9.66. The molecule has 0 aromatic heterocycles. The van der Waals surface area contributed by atoms with Crippen molar-refractivity contribution < 1.29 is 19.1 Å². The van der Waals surface area contributed by atoms with Gasteiger partial charge in [0.25, 0.3) is 5.91 Å². The summed E-state index contributed by atoms with van der Waals surface area (Å²) in [4.78, 5) is 29.7. The van der Waals surface area contributed by atoms with E-state index in [2.05, 4.69) is 50.9 Å². The van der Waals surface area contributed by atoms with E-state index in [0.29, 0.717) is 45.7 Å². The second-order valence-electron chi connectivity index (χ2n) is 10.1. The number of carbonyl (C=O) groups is 2. The van der Waals surface area contributed by atoms with E-state index in [-0.39, 0.29) is 10.8 Å². The molecule has 0 radical (unpaired) electrons. The van der Waals surface area contributed by atoms with Crippen molar-refractivity contribution >= 4 is 12.0 Å². The average Bonchev–Trinajstić information content (AvgIpc) is 3.10. The highest BCUT2D eigenvalue weighted by atomic mass is 16.6. The van der Waals surface area contributed by atoms with Gasteiger partial charge in [0, 0.05) is 26.2 Å². The summed E-state index contributed by atoms with van der Waals surface area (Å²) in [6.07, 6.45) is -0.529. The summed E-state index contributed by atoms with van der Waals surface area (Å²) in [5, 5.41) is 12.7. The Bertz CT molecular complexity index is 661. The van der Waals surface area contributed by atoms with E-state index in [4.69, 9.17) is 9.47 Å². The molecule has 0 spiro atoms. The zero-order chi connectivity index (χ0) is 22.6. The molecule has 0 aromatic carbocycles. The van der Waals surface area contributed by atoms with E-state index in [1.807, 2.05) is 6.92 Å². The van der Waals surface area contributed by atoms with E-state index in [1.54, 1.807) is 4.90 Å². The molecule has 1 unspecified atom stereocenters. The molecule has 2 atom stereocenters. The number of nitriles is 1. The van der Waals surface area contributed by atoms with Crippen LogP contribution >= 0.6 is 0 Å². The third-order valence-corrected chi connectivity index (χ3v) is 6.90. The second-order valence-corrected chi connectivity index (χ2v) is 10.1. The van der Waals surface area contributed by atoms with Crippen LogP contribution in [-0.4, -0.2) is 79.4 Å². The number of ether oxygens (including phenoxy) is 2. The van der Waals surface area contributed by atoms with Crippen molar-refractivity contribution in [2.24, 2.45) is 10.8 Å². The smallest absolute Gasteiger partial charge is 0.410 e. The van der Waals surface area contributed by atoms with Crippen molar-refractivity contribution in [1.82, 2.24) is 15.1 Å². The molecule has 0 aliphatic carbocycles. The van der Waals surface area contributed by atoms with Gasteiger partial charge in [0.2, 0.25) is 0 Å². The fourth-order valence-corrected chi connectivity index (χ4v) is 3.60. The maximum absolute atomic E-state index is 13.3. The number of nitrogens with zero attached hydrogens (tertiary/aromatic N) is 3. The Hall–Kier alpha value is -1.85. The van der Waals surface area contributed by atoms with Gasteiger partial charge in [0.1, 0.15) is 5.54 Å². The molecular weight excluding hydrogens is 384 g/mol. The Morgan fingerprint density at radius 1 is 1.20 bits per heavy atom. The Morgan fingerprint density at radius 3 is 2.33 bits per heavy atom. The number of likely N-dealkylation sites (N-methyl/N-ethyl adjacent to an activating group) is 1. The van der Waals surface area contributed by atoms with Crippen molar-refractivity contribution in [2.45, 2.75) is 66.0 Å². The van der Waals surface area contributed by atoms with Gasteiger partial charge < -0.3 is 24.6 Å². The first-order valence-corrected chi connectivity index (χ1v) is 10.9. The molecule has 2 aliphatic rings. The second kappa shape index (κ2) is 9.52. The van der Waals surface area contributed by atoms with Crippen molar-refractivity contribution in [2.75, 3.05) is 45.9 Å². The topological polar surface area (TPSA) is 94.9 Å². The first kappa shape index (κ1) is 24.4. The number of hydrogen-bond acceptors (Lipinski definition) is 6. The monoisotopic (exact) mass is 422 g/mol. The number of likely N-dealkylation sites (tertiary alicyclic amines) is 1. The van der Waals surface area contributed by atoms with Crippen molar-refractivity contribution in [3.8, 4) is 6.07 Å². The highest BCUT2D eigenvalue weighted by Gasteiger charge is 2.44. The molecule has 8 nitrogen and oxygen atoms in total. The molecule has 0 aromatic rings. The molecule has 2 heterocycles. The zero-order valence-corrected chi connectivity index (χ0v) is 19.4. The van der Waals surface area contributed by atoms with Gasteiger partial charge in [-0.25, -0.2) is 4.79 Å². The van der Waals surface area contributed by atoms with E-state index in [0.717, 1.165) is 13.1 Å².